The molecular formula is C19H24ClN3O. The van der Waals surface area contributed by atoms with Crippen LogP contribution in [-0.4, -0.2) is 25.5 Å². The van der Waals surface area contributed by atoms with Crippen LogP contribution in [0.25, 0.3) is 6.08 Å². The molecule has 2 atom stereocenters. The highest BCUT2D eigenvalue weighted by atomic mass is 35.5. The first-order valence-corrected chi connectivity index (χ1v) is 8.68. The molecule has 128 valence electrons. The lowest BCUT2D eigenvalue weighted by Crippen LogP contribution is -2.47. The first-order chi connectivity index (χ1) is 11.3. The van der Waals surface area contributed by atoms with Crippen molar-refractivity contribution in [3.8, 4) is 0 Å². The summed E-state index contributed by atoms with van der Waals surface area (Å²) >= 11 is 5.98. The molecule has 0 radical (unpaired) electrons. The molecule has 2 unspecified atom stereocenters. The maximum absolute atomic E-state index is 11.5. The lowest BCUT2D eigenvalue weighted by atomic mass is 9.62. The normalized spacial score (nSPS) is 28.2. The molecule has 1 heterocycles. The Labute approximate surface area is 148 Å². The number of benzene rings is 1. The monoisotopic (exact) mass is 345 g/mol. The fraction of sp³-hybridized carbons (Fsp3) is 0.474. The van der Waals surface area contributed by atoms with Crippen LogP contribution < -0.4 is 0 Å². The van der Waals surface area contributed by atoms with Gasteiger partial charge < -0.3 is 5.11 Å². The van der Waals surface area contributed by atoms with Crippen molar-refractivity contribution in [3.05, 3.63) is 53.1 Å². The summed E-state index contributed by atoms with van der Waals surface area (Å²) in [4.78, 5) is 4.00. The lowest BCUT2D eigenvalue weighted by Gasteiger charge is -2.46. The molecule has 3 rings (SSSR count). The van der Waals surface area contributed by atoms with Crippen molar-refractivity contribution in [3.63, 3.8) is 0 Å². The van der Waals surface area contributed by atoms with Gasteiger partial charge in [-0.2, -0.15) is 5.10 Å². The molecule has 0 amide bonds. The second kappa shape index (κ2) is 6.34. The van der Waals surface area contributed by atoms with E-state index in [2.05, 4.69) is 36.9 Å². The van der Waals surface area contributed by atoms with E-state index in [-0.39, 0.29) is 11.3 Å². The van der Waals surface area contributed by atoms with Gasteiger partial charge in [0, 0.05) is 5.02 Å². The molecule has 1 fully saturated rings. The van der Waals surface area contributed by atoms with Gasteiger partial charge >= 0.3 is 0 Å². The Balaban J connectivity index is 2.00. The summed E-state index contributed by atoms with van der Waals surface area (Å²) in [5, 5.41) is 16.4. The number of nitrogens with zero attached hydrogens (tertiary/aromatic N) is 3. The van der Waals surface area contributed by atoms with Crippen molar-refractivity contribution in [2.45, 2.75) is 45.8 Å². The molecule has 4 nitrogen and oxygen atoms in total. The summed E-state index contributed by atoms with van der Waals surface area (Å²) in [6.07, 6.45) is 7.01. The Bertz CT molecular complexity index is 722. The molecule has 1 saturated carbocycles. The Morgan fingerprint density at radius 1 is 1.33 bits per heavy atom. The van der Waals surface area contributed by atoms with Gasteiger partial charge in [-0.25, -0.2) is 9.67 Å². The summed E-state index contributed by atoms with van der Waals surface area (Å²) in [6.45, 7) is 7.04. The fourth-order valence-electron chi connectivity index (χ4n) is 4.11. The van der Waals surface area contributed by atoms with Crippen LogP contribution in [0.3, 0.4) is 0 Å². The van der Waals surface area contributed by atoms with E-state index in [1.807, 2.05) is 24.3 Å². The zero-order valence-corrected chi connectivity index (χ0v) is 15.2. The molecule has 1 aliphatic carbocycles. The van der Waals surface area contributed by atoms with E-state index in [1.54, 1.807) is 11.0 Å². The number of hydrogen-bond acceptors (Lipinski definition) is 3. The van der Waals surface area contributed by atoms with Crippen LogP contribution in [0.2, 0.25) is 5.02 Å². The molecule has 1 aromatic carbocycles. The molecular weight excluding hydrogens is 322 g/mol. The summed E-state index contributed by atoms with van der Waals surface area (Å²) in [7, 11) is 0. The first-order valence-electron chi connectivity index (χ1n) is 8.30. The average molecular weight is 346 g/mol. The zero-order valence-electron chi connectivity index (χ0n) is 14.4. The van der Waals surface area contributed by atoms with Crippen molar-refractivity contribution in [1.82, 2.24) is 14.8 Å². The average Bonchev–Trinajstić information content (AvgIpc) is 2.96. The summed E-state index contributed by atoms with van der Waals surface area (Å²) in [5.74, 6) is 0.290. The van der Waals surface area contributed by atoms with Crippen LogP contribution in [0, 0.1) is 11.3 Å². The van der Waals surface area contributed by atoms with Gasteiger partial charge in [-0.05, 0) is 47.4 Å². The molecule has 1 aromatic heterocycles. The number of hydrogen-bond donors (Lipinski definition) is 1. The van der Waals surface area contributed by atoms with Gasteiger partial charge in [0.1, 0.15) is 18.3 Å². The predicted molar refractivity (Wildman–Crippen MR) is 96.6 cm³/mol. The summed E-state index contributed by atoms with van der Waals surface area (Å²) in [6, 6.07) is 7.72. The largest absolute Gasteiger partial charge is 0.384 e. The smallest absolute Gasteiger partial charge is 0.137 e. The quantitative estimate of drug-likeness (QED) is 0.906. The van der Waals surface area contributed by atoms with Crippen molar-refractivity contribution >= 4 is 17.7 Å². The van der Waals surface area contributed by atoms with Crippen LogP contribution in [0.15, 0.2) is 42.5 Å². The third-order valence-corrected chi connectivity index (χ3v) is 5.03. The van der Waals surface area contributed by atoms with E-state index in [1.165, 1.54) is 6.33 Å². The van der Waals surface area contributed by atoms with Crippen molar-refractivity contribution in [1.29, 1.82) is 0 Å². The van der Waals surface area contributed by atoms with Crippen molar-refractivity contribution in [2.24, 2.45) is 11.3 Å². The highest BCUT2D eigenvalue weighted by Crippen LogP contribution is 2.48. The maximum Gasteiger partial charge on any atom is 0.137 e. The van der Waals surface area contributed by atoms with E-state index < -0.39 is 5.60 Å². The highest BCUT2D eigenvalue weighted by molar-refractivity contribution is 6.30. The Morgan fingerprint density at radius 3 is 2.67 bits per heavy atom. The SMILES string of the molecule is CC1CC(C)(C)CC(O)(Cn2cncn2)C1=Cc1ccc(Cl)cc1. The minimum Gasteiger partial charge on any atom is -0.384 e. The number of halogens is 1. The molecule has 0 spiro atoms. The highest BCUT2D eigenvalue weighted by Gasteiger charge is 2.45. The first kappa shape index (κ1) is 17.2. The number of aromatic nitrogens is 3. The van der Waals surface area contributed by atoms with Gasteiger partial charge in [-0.15, -0.1) is 0 Å². The van der Waals surface area contributed by atoms with Gasteiger partial charge in [-0.1, -0.05) is 50.6 Å². The van der Waals surface area contributed by atoms with E-state index >= 15 is 0 Å². The second-order valence-electron chi connectivity index (χ2n) is 7.72. The summed E-state index contributed by atoms with van der Waals surface area (Å²) in [5.41, 5.74) is 1.25. The number of rotatable bonds is 3. The topological polar surface area (TPSA) is 50.9 Å². The van der Waals surface area contributed by atoms with Crippen LogP contribution in [0.1, 0.15) is 39.2 Å². The van der Waals surface area contributed by atoms with Gasteiger partial charge in [0.15, 0.2) is 0 Å². The third-order valence-electron chi connectivity index (χ3n) is 4.78. The molecule has 0 saturated heterocycles. The van der Waals surface area contributed by atoms with Gasteiger partial charge in [-0.3, -0.25) is 0 Å². The minimum atomic E-state index is -0.936. The Morgan fingerprint density at radius 2 is 2.04 bits per heavy atom. The minimum absolute atomic E-state index is 0.0755. The van der Waals surface area contributed by atoms with E-state index in [0.717, 1.165) is 17.6 Å². The Hall–Kier alpha value is -1.65. The molecule has 0 bridgehead atoms. The fourth-order valence-corrected chi connectivity index (χ4v) is 4.23. The van der Waals surface area contributed by atoms with Crippen LogP contribution in [-0.2, 0) is 6.54 Å². The lowest BCUT2D eigenvalue weighted by molar-refractivity contribution is -0.0223. The van der Waals surface area contributed by atoms with Crippen molar-refractivity contribution < 1.29 is 5.11 Å². The Kier molecular flexibility index (Phi) is 4.54. The second-order valence-corrected chi connectivity index (χ2v) is 8.16. The van der Waals surface area contributed by atoms with Crippen LogP contribution >= 0.6 is 11.6 Å². The van der Waals surface area contributed by atoms with E-state index in [0.29, 0.717) is 18.0 Å². The summed E-state index contributed by atoms with van der Waals surface area (Å²) < 4.78 is 1.71. The van der Waals surface area contributed by atoms with E-state index in [4.69, 9.17) is 11.6 Å². The maximum atomic E-state index is 11.5. The predicted octanol–water partition coefficient (Wildman–Crippen LogP) is 4.20. The molecule has 0 aliphatic heterocycles. The molecule has 1 N–H and O–H groups in total. The van der Waals surface area contributed by atoms with Gasteiger partial charge in [0.05, 0.1) is 6.54 Å². The molecule has 1 aliphatic rings. The number of aliphatic hydroxyl groups is 1. The van der Waals surface area contributed by atoms with Crippen LogP contribution in [0.5, 0.6) is 0 Å². The molecule has 24 heavy (non-hydrogen) atoms. The van der Waals surface area contributed by atoms with Gasteiger partial charge in [0.2, 0.25) is 0 Å². The van der Waals surface area contributed by atoms with E-state index in [9.17, 15) is 5.11 Å². The zero-order chi connectivity index (χ0) is 17.4. The molecule has 5 heteroatoms. The standard InChI is InChI=1S/C19H24ClN3O/c1-14-9-18(2,3)10-19(24,11-23-13-21-12-22-23)17(14)8-15-4-6-16(20)7-5-15/h4-8,12-14,24H,9-11H2,1-3H3. The van der Waals surface area contributed by atoms with Gasteiger partial charge in [0.25, 0.3) is 0 Å². The van der Waals surface area contributed by atoms with Crippen molar-refractivity contribution in [2.75, 3.05) is 0 Å². The molecule has 2 aromatic rings. The van der Waals surface area contributed by atoms with Crippen LogP contribution in [0.4, 0.5) is 0 Å². The third kappa shape index (κ3) is 3.70.